The van der Waals surface area contributed by atoms with Gasteiger partial charge in [-0.1, -0.05) is 30.7 Å². The minimum atomic E-state index is -0.292. The van der Waals surface area contributed by atoms with E-state index in [1.807, 2.05) is 0 Å². The number of hydrogen-bond acceptors (Lipinski definition) is 2. The molecule has 1 aromatic carbocycles. The fraction of sp³-hybridized carbons (Fsp3) is 0.667. The van der Waals surface area contributed by atoms with Crippen LogP contribution >= 0.6 is 0 Å². The summed E-state index contributed by atoms with van der Waals surface area (Å²) in [5, 5.41) is 10.6. The smallest absolute Gasteiger partial charge is 0.0795 e. The first kappa shape index (κ1) is 14.1. The summed E-state index contributed by atoms with van der Waals surface area (Å²) < 4.78 is 5.60. The van der Waals surface area contributed by atoms with Gasteiger partial charge in [0.25, 0.3) is 0 Å². The van der Waals surface area contributed by atoms with Crippen molar-refractivity contribution in [2.45, 2.75) is 63.6 Å². The third-order valence-electron chi connectivity index (χ3n) is 5.05. The highest BCUT2D eigenvalue weighted by atomic mass is 16.5. The van der Waals surface area contributed by atoms with E-state index in [1.165, 1.54) is 30.4 Å². The molecule has 1 aromatic rings. The van der Waals surface area contributed by atoms with Gasteiger partial charge in [-0.2, -0.15) is 0 Å². The Morgan fingerprint density at radius 3 is 2.65 bits per heavy atom. The lowest BCUT2D eigenvalue weighted by Gasteiger charge is -2.37. The Morgan fingerprint density at radius 2 is 2.00 bits per heavy atom. The molecule has 1 N–H and O–H groups in total. The number of benzene rings is 1. The SMILES string of the molecule is CCOC1CC(CC(O)c2ccccc2C2CCC2)C1. The Kier molecular flexibility index (Phi) is 4.42. The Hall–Kier alpha value is -0.860. The van der Waals surface area contributed by atoms with E-state index in [-0.39, 0.29) is 6.10 Å². The molecule has 2 aliphatic carbocycles. The van der Waals surface area contributed by atoms with E-state index < -0.39 is 0 Å². The molecule has 0 spiro atoms. The van der Waals surface area contributed by atoms with Gasteiger partial charge >= 0.3 is 0 Å². The van der Waals surface area contributed by atoms with Crippen molar-refractivity contribution >= 4 is 0 Å². The molecule has 1 unspecified atom stereocenters. The highest BCUT2D eigenvalue weighted by Gasteiger charge is 2.32. The van der Waals surface area contributed by atoms with Crippen molar-refractivity contribution in [2.24, 2.45) is 5.92 Å². The lowest BCUT2D eigenvalue weighted by Crippen LogP contribution is -2.32. The predicted molar refractivity (Wildman–Crippen MR) is 80.7 cm³/mol. The van der Waals surface area contributed by atoms with Gasteiger partial charge in [-0.3, -0.25) is 0 Å². The monoisotopic (exact) mass is 274 g/mol. The van der Waals surface area contributed by atoms with E-state index in [4.69, 9.17) is 4.74 Å². The van der Waals surface area contributed by atoms with Crippen LogP contribution in [0.3, 0.4) is 0 Å². The zero-order valence-electron chi connectivity index (χ0n) is 12.4. The van der Waals surface area contributed by atoms with Crippen LogP contribution in [0.1, 0.15) is 68.6 Å². The largest absolute Gasteiger partial charge is 0.388 e. The predicted octanol–water partition coefficient (Wildman–Crippen LogP) is 4.19. The third-order valence-corrected chi connectivity index (χ3v) is 5.05. The Balaban J connectivity index is 1.59. The third kappa shape index (κ3) is 2.91. The van der Waals surface area contributed by atoms with Crippen LogP contribution in [-0.2, 0) is 4.74 Å². The van der Waals surface area contributed by atoms with Gasteiger partial charge in [-0.15, -0.1) is 0 Å². The molecule has 2 saturated carbocycles. The summed E-state index contributed by atoms with van der Waals surface area (Å²) in [6.07, 6.45) is 7.21. The van der Waals surface area contributed by atoms with Gasteiger partial charge in [0.15, 0.2) is 0 Å². The fourth-order valence-corrected chi connectivity index (χ4v) is 3.59. The zero-order chi connectivity index (χ0) is 13.9. The lowest BCUT2D eigenvalue weighted by atomic mass is 9.74. The number of aliphatic hydroxyl groups excluding tert-OH is 1. The first-order valence-electron chi connectivity index (χ1n) is 8.16. The molecule has 2 fully saturated rings. The molecule has 0 amide bonds. The Bertz CT molecular complexity index is 433. The molecule has 2 aliphatic rings. The van der Waals surface area contributed by atoms with Crippen molar-refractivity contribution in [2.75, 3.05) is 6.61 Å². The maximum atomic E-state index is 10.6. The van der Waals surface area contributed by atoms with Gasteiger partial charge in [-0.05, 0) is 62.0 Å². The minimum Gasteiger partial charge on any atom is -0.388 e. The average Bonchev–Trinajstić information content (AvgIpc) is 2.35. The summed E-state index contributed by atoms with van der Waals surface area (Å²) in [4.78, 5) is 0. The molecule has 110 valence electrons. The van der Waals surface area contributed by atoms with Crippen LogP contribution in [0, 0.1) is 5.92 Å². The van der Waals surface area contributed by atoms with Crippen molar-refractivity contribution in [3.63, 3.8) is 0 Å². The molecule has 0 saturated heterocycles. The summed E-state index contributed by atoms with van der Waals surface area (Å²) in [7, 11) is 0. The van der Waals surface area contributed by atoms with Crippen molar-refractivity contribution in [1.29, 1.82) is 0 Å². The van der Waals surface area contributed by atoms with Gasteiger partial charge in [0.2, 0.25) is 0 Å². The van der Waals surface area contributed by atoms with Crippen LogP contribution in [0.5, 0.6) is 0 Å². The maximum absolute atomic E-state index is 10.6. The first-order chi connectivity index (χ1) is 9.78. The van der Waals surface area contributed by atoms with Crippen LogP contribution in [0.2, 0.25) is 0 Å². The molecule has 20 heavy (non-hydrogen) atoms. The van der Waals surface area contributed by atoms with E-state index in [9.17, 15) is 5.11 Å². The van der Waals surface area contributed by atoms with E-state index in [0.717, 1.165) is 25.9 Å². The summed E-state index contributed by atoms with van der Waals surface area (Å²) in [6, 6.07) is 8.51. The van der Waals surface area contributed by atoms with Gasteiger partial charge < -0.3 is 9.84 Å². The van der Waals surface area contributed by atoms with Gasteiger partial charge in [0.05, 0.1) is 12.2 Å². The van der Waals surface area contributed by atoms with Crippen molar-refractivity contribution < 1.29 is 9.84 Å². The fourth-order valence-electron chi connectivity index (χ4n) is 3.59. The highest BCUT2D eigenvalue weighted by molar-refractivity contribution is 5.33. The number of ether oxygens (including phenoxy) is 1. The van der Waals surface area contributed by atoms with E-state index in [0.29, 0.717) is 17.9 Å². The van der Waals surface area contributed by atoms with Gasteiger partial charge in [0, 0.05) is 6.61 Å². The second kappa shape index (κ2) is 6.28. The molecule has 3 rings (SSSR count). The molecule has 2 heteroatoms. The van der Waals surface area contributed by atoms with Crippen molar-refractivity contribution in [1.82, 2.24) is 0 Å². The Morgan fingerprint density at radius 1 is 1.25 bits per heavy atom. The summed E-state index contributed by atoms with van der Waals surface area (Å²) in [5.41, 5.74) is 2.57. The molecular formula is C18H26O2. The molecule has 1 atom stereocenters. The molecular weight excluding hydrogens is 248 g/mol. The second-order valence-electron chi connectivity index (χ2n) is 6.42. The molecule has 0 aromatic heterocycles. The van der Waals surface area contributed by atoms with E-state index in [1.54, 1.807) is 0 Å². The second-order valence-corrected chi connectivity index (χ2v) is 6.42. The number of hydrogen-bond donors (Lipinski definition) is 1. The summed E-state index contributed by atoms with van der Waals surface area (Å²) >= 11 is 0. The Labute approximate surface area is 122 Å². The average molecular weight is 274 g/mol. The van der Waals surface area contributed by atoms with E-state index in [2.05, 4.69) is 31.2 Å². The number of rotatable bonds is 6. The van der Waals surface area contributed by atoms with Crippen LogP contribution < -0.4 is 0 Å². The van der Waals surface area contributed by atoms with Crippen LogP contribution in [0.15, 0.2) is 24.3 Å². The van der Waals surface area contributed by atoms with Crippen LogP contribution in [-0.4, -0.2) is 17.8 Å². The molecule has 0 radical (unpaired) electrons. The topological polar surface area (TPSA) is 29.5 Å². The summed E-state index contributed by atoms with van der Waals surface area (Å²) in [6.45, 7) is 2.86. The number of aliphatic hydroxyl groups is 1. The zero-order valence-corrected chi connectivity index (χ0v) is 12.4. The van der Waals surface area contributed by atoms with E-state index >= 15 is 0 Å². The van der Waals surface area contributed by atoms with Crippen molar-refractivity contribution in [3.8, 4) is 0 Å². The van der Waals surface area contributed by atoms with Gasteiger partial charge in [-0.25, -0.2) is 0 Å². The summed E-state index contributed by atoms with van der Waals surface area (Å²) in [5.74, 6) is 1.33. The molecule has 2 nitrogen and oxygen atoms in total. The van der Waals surface area contributed by atoms with Crippen molar-refractivity contribution in [3.05, 3.63) is 35.4 Å². The van der Waals surface area contributed by atoms with Crippen LogP contribution in [0.4, 0.5) is 0 Å². The maximum Gasteiger partial charge on any atom is 0.0795 e. The normalized spacial score (nSPS) is 27.7. The lowest BCUT2D eigenvalue weighted by molar-refractivity contribution is -0.0381. The standard InChI is InChI=1S/C18H26O2/c1-2-20-15-10-13(11-15)12-18(19)17-9-4-3-8-16(17)14-6-5-7-14/h3-4,8-9,13-15,18-19H,2,5-7,10-12H2,1H3. The van der Waals surface area contributed by atoms with Crippen LogP contribution in [0.25, 0.3) is 0 Å². The first-order valence-corrected chi connectivity index (χ1v) is 8.16. The minimum absolute atomic E-state index is 0.292. The highest BCUT2D eigenvalue weighted by Crippen LogP contribution is 2.42. The molecule has 0 heterocycles. The quantitative estimate of drug-likeness (QED) is 0.842. The molecule has 0 aliphatic heterocycles. The van der Waals surface area contributed by atoms with Gasteiger partial charge in [0.1, 0.15) is 0 Å². The molecule has 0 bridgehead atoms.